The number of nitrogens with zero attached hydrogens (tertiary/aromatic N) is 4. The number of hydrogen-bond acceptors (Lipinski definition) is 5. The third kappa shape index (κ3) is 3.86. The number of aromatic nitrogens is 4. The van der Waals surface area contributed by atoms with Crippen molar-refractivity contribution in [1.82, 2.24) is 25.5 Å². The summed E-state index contributed by atoms with van der Waals surface area (Å²) in [6.07, 6.45) is 5.05. The summed E-state index contributed by atoms with van der Waals surface area (Å²) in [5, 5.41) is 15.9. The van der Waals surface area contributed by atoms with E-state index in [1.807, 2.05) is 19.1 Å². The molecule has 25 heavy (non-hydrogen) atoms. The highest BCUT2D eigenvalue weighted by Crippen LogP contribution is 2.44. The Kier molecular flexibility index (Phi) is 4.50. The van der Waals surface area contributed by atoms with Gasteiger partial charge < -0.3 is 5.32 Å². The summed E-state index contributed by atoms with van der Waals surface area (Å²) >= 11 is 1.39. The molecule has 6 nitrogen and oxygen atoms in total. The van der Waals surface area contributed by atoms with E-state index in [2.05, 4.69) is 33.8 Å². The predicted molar refractivity (Wildman–Crippen MR) is 96.7 cm³/mol. The lowest BCUT2D eigenvalue weighted by Crippen LogP contribution is -2.39. The van der Waals surface area contributed by atoms with Gasteiger partial charge in [0.05, 0.1) is 11.4 Å². The molecular formula is C18H23N5OS. The van der Waals surface area contributed by atoms with Crippen molar-refractivity contribution in [2.75, 3.05) is 5.75 Å². The fourth-order valence-corrected chi connectivity index (χ4v) is 4.05. The average molecular weight is 357 g/mol. The number of aryl methyl sites for hydroxylation is 2. The van der Waals surface area contributed by atoms with Crippen molar-refractivity contribution in [2.45, 2.75) is 50.7 Å². The van der Waals surface area contributed by atoms with Gasteiger partial charge in [-0.15, -0.1) is 5.10 Å². The molecule has 4 rings (SSSR count). The number of thioether (sulfide) groups is 1. The zero-order valence-corrected chi connectivity index (χ0v) is 15.4. The smallest absolute Gasteiger partial charge is 0.230 e. The van der Waals surface area contributed by atoms with E-state index >= 15 is 0 Å². The molecule has 0 unspecified atom stereocenters. The van der Waals surface area contributed by atoms with Crippen LogP contribution < -0.4 is 5.32 Å². The first kappa shape index (κ1) is 16.6. The van der Waals surface area contributed by atoms with Crippen molar-refractivity contribution in [2.24, 2.45) is 11.8 Å². The van der Waals surface area contributed by atoms with E-state index in [4.69, 9.17) is 0 Å². The molecule has 1 amide bonds. The third-order valence-electron chi connectivity index (χ3n) is 4.94. The van der Waals surface area contributed by atoms with Crippen LogP contribution in [0.3, 0.4) is 0 Å². The lowest BCUT2D eigenvalue weighted by atomic mass is 10.1. The van der Waals surface area contributed by atoms with Gasteiger partial charge in [0.15, 0.2) is 0 Å². The van der Waals surface area contributed by atoms with Crippen molar-refractivity contribution in [3.05, 3.63) is 29.3 Å². The van der Waals surface area contributed by atoms with E-state index in [1.165, 1.54) is 43.0 Å². The lowest BCUT2D eigenvalue weighted by molar-refractivity contribution is -0.119. The molecule has 0 bridgehead atoms. The Morgan fingerprint density at radius 3 is 2.64 bits per heavy atom. The van der Waals surface area contributed by atoms with Crippen LogP contribution >= 0.6 is 11.8 Å². The Morgan fingerprint density at radius 2 is 2.00 bits per heavy atom. The van der Waals surface area contributed by atoms with Gasteiger partial charge in [-0.3, -0.25) is 4.79 Å². The highest BCUT2D eigenvalue weighted by Gasteiger charge is 2.42. The Hall–Kier alpha value is -1.89. The van der Waals surface area contributed by atoms with E-state index in [1.54, 1.807) is 4.68 Å². The van der Waals surface area contributed by atoms with Gasteiger partial charge in [-0.05, 0) is 73.4 Å². The van der Waals surface area contributed by atoms with Crippen LogP contribution in [-0.2, 0) is 4.79 Å². The van der Waals surface area contributed by atoms with Crippen LogP contribution in [0, 0.1) is 25.7 Å². The standard InChI is InChI=1S/C18H23N5OS/c1-11-3-8-15(12(2)9-11)23-18(20-21-22-23)25-10-16(24)19-17(13-4-5-13)14-6-7-14/h3,8-9,13-14,17H,4-7,10H2,1-2H3,(H,19,24). The molecule has 7 heteroatoms. The third-order valence-corrected chi connectivity index (χ3v) is 5.86. The van der Waals surface area contributed by atoms with E-state index < -0.39 is 0 Å². The number of carbonyl (C=O) groups excluding carboxylic acids is 1. The fraction of sp³-hybridized carbons (Fsp3) is 0.556. The number of amides is 1. The first-order valence-corrected chi connectivity index (χ1v) is 9.88. The highest BCUT2D eigenvalue weighted by atomic mass is 32.2. The van der Waals surface area contributed by atoms with Crippen molar-refractivity contribution >= 4 is 17.7 Å². The van der Waals surface area contributed by atoms with Gasteiger partial charge in [-0.25, -0.2) is 0 Å². The van der Waals surface area contributed by atoms with Gasteiger partial charge in [0.1, 0.15) is 0 Å². The number of carbonyl (C=O) groups is 1. The second-order valence-electron chi connectivity index (χ2n) is 7.22. The Bertz CT molecular complexity index is 770. The molecule has 2 fully saturated rings. The topological polar surface area (TPSA) is 72.7 Å². The predicted octanol–water partition coefficient (Wildman–Crippen LogP) is 2.68. The molecule has 1 heterocycles. The van der Waals surface area contributed by atoms with Crippen molar-refractivity contribution in [3.63, 3.8) is 0 Å². The van der Waals surface area contributed by atoms with Crippen LogP contribution in [0.2, 0.25) is 0 Å². The van der Waals surface area contributed by atoms with Crippen LogP contribution in [0.4, 0.5) is 0 Å². The van der Waals surface area contributed by atoms with E-state index in [-0.39, 0.29) is 5.91 Å². The zero-order valence-electron chi connectivity index (χ0n) is 14.6. The molecule has 132 valence electrons. The Morgan fingerprint density at radius 1 is 1.28 bits per heavy atom. The largest absolute Gasteiger partial charge is 0.352 e. The van der Waals surface area contributed by atoms with Gasteiger partial charge in [0, 0.05) is 6.04 Å². The van der Waals surface area contributed by atoms with E-state index in [0.29, 0.717) is 28.8 Å². The summed E-state index contributed by atoms with van der Waals surface area (Å²) in [4.78, 5) is 12.4. The minimum Gasteiger partial charge on any atom is -0.352 e. The zero-order chi connectivity index (χ0) is 17.4. The summed E-state index contributed by atoms with van der Waals surface area (Å²) in [6.45, 7) is 4.10. The molecule has 0 spiro atoms. The van der Waals surface area contributed by atoms with Gasteiger partial charge in [-0.2, -0.15) is 4.68 Å². The average Bonchev–Trinajstić information content (AvgIpc) is 3.49. The highest BCUT2D eigenvalue weighted by molar-refractivity contribution is 7.99. The van der Waals surface area contributed by atoms with Crippen LogP contribution in [0.5, 0.6) is 0 Å². The number of tetrazole rings is 1. The monoisotopic (exact) mass is 357 g/mol. The summed E-state index contributed by atoms with van der Waals surface area (Å²) in [5.74, 6) is 1.86. The minimum absolute atomic E-state index is 0.0870. The van der Waals surface area contributed by atoms with E-state index in [0.717, 1.165) is 11.3 Å². The molecule has 2 aliphatic carbocycles. The van der Waals surface area contributed by atoms with Crippen molar-refractivity contribution in [1.29, 1.82) is 0 Å². The van der Waals surface area contributed by atoms with Gasteiger partial charge in [0.2, 0.25) is 11.1 Å². The maximum absolute atomic E-state index is 12.4. The molecule has 2 aliphatic rings. The Labute approximate surface area is 151 Å². The van der Waals surface area contributed by atoms with Crippen molar-refractivity contribution in [3.8, 4) is 5.69 Å². The molecule has 2 aromatic rings. The first-order valence-electron chi connectivity index (χ1n) is 8.90. The fourth-order valence-electron chi connectivity index (χ4n) is 3.35. The number of hydrogen-bond donors (Lipinski definition) is 1. The summed E-state index contributed by atoms with van der Waals surface area (Å²) < 4.78 is 1.71. The molecule has 0 radical (unpaired) electrons. The normalized spacial score (nSPS) is 17.1. The first-order chi connectivity index (χ1) is 12.1. The molecule has 1 aromatic carbocycles. The number of benzene rings is 1. The van der Waals surface area contributed by atoms with Crippen LogP contribution in [0.15, 0.2) is 23.4 Å². The molecule has 2 saturated carbocycles. The Balaban J connectivity index is 1.40. The number of rotatable bonds is 7. The maximum Gasteiger partial charge on any atom is 0.230 e. The molecule has 0 saturated heterocycles. The summed E-state index contributed by atoms with van der Waals surface area (Å²) in [5.41, 5.74) is 3.27. The second-order valence-corrected chi connectivity index (χ2v) is 8.16. The molecule has 0 atom stereocenters. The molecular weight excluding hydrogens is 334 g/mol. The van der Waals surface area contributed by atoms with Crippen LogP contribution in [0.1, 0.15) is 36.8 Å². The molecule has 1 N–H and O–H groups in total. The quantitative estimate of drug-likeness (QED) is 0.771. The van der Waals surface area contributed by atoms with E-state index in [9.17, 15) is 4.79 Å². The molecule has 1 aromatic heterocycles. The lowest BCUT2D eigenvalue weighted by Gasteiger charge is -2.17. The van der Waals surface area contributed by atoms with Gasteiger partial charge >= 0.3 is 0 Å². The summed E-state index contributed by atoms with van der Waals surface area (Å²) in [7, 11) is 0. The van der Waals surface area contributed by atoms with Crippen LogP contribution in [-0.4, -0.2) is 37.9 Å². The summed E-state index contributed by atoms with van der Waals surface area (Å²) in [6, 6.07) is 6.56. The molecule has 0 aliphatic heterocycles. The second kappa shape index (κ2) is 6.78. The maximum atomic E-state index is 12.4. The SMILES string of the molecule is Cc1ccc(-n2nnnc2SCC(=O)NC(C2CC2)C2CC2)c(C)c1. The van der Waals surface area contributed by atoms with Crippen molar-refractivity contribution < 1.29 is 4.79 Å². The van der Waals surface area contributed by atoms with Gasteiger partial charge in [-0.1, -0.05) is 29.5 Å². The minimum atomic E-state index is 0.0870. The van der Waals surface area contributed by atoms with Crippen LogP contribution in [0.25, 0.3) is 5.69 Å². The van der Waals surface area contributed by atoms with Gasteiger partial charge in [0.25, 0.3) is 0 Å². The number of nitrogens with one attached hydrogen (secondary N) is 1.